The van der Waals surface area contributed by atoms with Crippen molar-refractivity contribution >= 4 is 5.96 Å². The van der Waals surface area contributed by atoms with Gasteiger partial charge in [-0.15, -0.1) is 0 Å². The van der Waals surface area contributed by atoms with E-state index in [2.05, 4.69) is 20.3 Å². The molecule has 0 radical (unpaired) electrons. The van der Waals surface area contributed by atoms with E-state index >= 15 is 0 Å². The number of hydrogen-bond donors (Lipinski definition) is 1. The van der Waals surface area contributed by atoms with Crippen molar-refractivity contribution in [3.63, 3.8) is 0 Å². The van der Waals surface area contributed by atoms with Gasteiger partial charge < -0.3 is 15.0 Å². The van der Waals surface area contributed by atoms with Crippen LogP contribution in [0.1, 0.15) is 24.2 Å². The number of aliphatic imine (C=N–C) groups is 1. The smallest absolute Gasteiger partial charge is 0.194 e. The van der Waals surface area contributed by atoms with Gasteiger partial charge in [0.1, 0.15) is 11.9 Å². The van der Waals surface area contributed by atoms with E-state index in [0.29, 0.717) is 25.3 Å². The zero-order valence-electron chi connectivity index (χ0n) is 14.7. The molecule has 1 aromatic heterocycles. The van der Waals surface area contributed by atoms with Crippen molar-refractivity contribution in [1.82, 2.24) is 20.0 Å². The molecule has 1 aliphatic rings. The molecule has 1 unspecified atom stereocenters. The topological polar surface area (TPSA) is 54.7 Å². The molecule has 0 spiro atoms. The predicted molar refractivity (Wildman–Crippen MR) is 94.7 cm³/mol. The second-order valence-corrected chi connectivity index (χ2v) is 6.01. The first-order chi connectivity index (χ1) is 12.2. The van der Waals surface area contributed by atoms with Crippen LogP contribution in [0.2, 0.25) is 0 Å². The van der Waals surface area contributed by atoms with E-state index in [1.165, 1.54) is 6.07 Å². The molecule has 2 aromatic rings. The molecule has 25 heavy (non-hydrogen) atoms. The first kappa shape index (κ1) is 17.4. The molecule has 0 bridgehead atoms. The quantitative estimate of drug-likeness (QED) is 0.681. The first-order valence-electron chi connectivity index (χ1n) is 8.54. The molecular formula is C18H24FN5O. The number of benzene rings is 1. The summed E-state index contributed by atoms with van der Waals surface area (Å²) in [4.78, 5) is 6.77. The lowest BCUT2D eigenvalue weighted by atomic mass is 10.1. The minimum absolute atomic E-state index is 0.0419. The van der Waals surface area contributed by atoms with Crippen molar-refractivity contribution in [2.75, 3.05) is 26.2 Å². The second kappa shape index (κ2) is 8.11. The Balaban J connectivity index is 1.73. The van der Waals surface area contributed by atoms with Gasteiger partial charge in [-0.1, -0.05) is 18.2 Å². The third-order valence-corrected chi connectivity index (χ3v) is 4.15. The lowest BCUT2D eigenvalue weighted by Gasteiger charge is -2.34. The summed E-state index contributed by atoms with van der Waals surface area (Å²) >= 11 is 0. The van der Waals surface area contributed by atoms with Gasteiger partial charge >= 0.3 is 0 Å². The van der Waals surface area contributed by atoms with Gasteiger partial charge in [-0.25, -0.2) is 9.38 Å². The molecule has 0 saturated carbocycles. The molecule has 134 valence electrons. The van der Waals surface area contributed by atoms with E-state index in [4.69, 9.17) is 4.74 Å². The molecular weight excluding hydrogens is 321 g/mol. The summed E-state index contributed by atoms with van der Waals surface area (Å²) in [6, 6.07) is 6.74. The zero-order valence-corrected chi connectivity index (χ0v) is 14.7. The highest BCUT2D eigenvalue weighted by Gasteiger charge is 2.25. The minimum Gasteiger partial charge on any atom is -0.370 e. The first-order valence-corrected chi connectivity index (χ1v) is 8.54. The molecule has 2 heterocycles. The Bertz CT molecular complexity index is 730. The van der Waals surface area contributed by atoms with Gasteiger partial charge in [-0.05, 0) is 13.0 Å². The van der Waals surface area contributed by atoms with Gasteiger partial charge in [-0.3, -0.25) is 4.68 Å². The SMILES string of the molecule is CCNC(=NCc1ccccc1F)N1CCOC(c2cnn(C)c2)C1. The average molecular weight is 345 g/mol. The standard InChI is InChI=1S/C18H24FN5O/c1-3-20-18(21-10-14-6-4-5-7-16(14)19)24-8-9-25-17(13-24)15-11-22-23(2)12-15/h4-7,11-12,17H,3,8-10,13H2,1-2H3,(H,20,21). The van der Waals surface area contributed by atoms with Crippen molar-refractivity contribution in [3.8, 4) is 0 Å². The molecule has 1 saturated heterocycles. The van der Waals surface area contributed by atoms with Crippen LogP contribution in [0.3, 0.4) is 0 Å². The van der Waals surface area contributed by atoms with Crippen LogP contribution in [0.5, 0.6) is 0 Å². The molecule has 1 aromatic carbocycles. The summed E-state index contributed by atoms with van der Waals surface area (Å²) in [5, 5.41) is 7.51. The van der Waals surface area contributed by atoms with E-state index < -0.39 is 0 Å². The van der Waals surface area contributed by atoms with Crippen LogP contribution in [-0.2, 0) is 18.3 Å². The van der Waals surface area contributed by atoms with Crippen LogP contribution in [0.25, 0.3) is 0 Å². The van der Waals surface area contributed by atoms with Crippen molar-refractivity contribution in [2.45, 2.75) is 19.6 Å². The predicted octanol–water partition coefficient (Wildman–Crippen LogP) is 2.10. The number of ether oxygens (including phenoxy) is 1. The second-order valence-electron chi connectivity index (χ2n) is 6.01. The molecule has 1 atom stereocenters. The van der Waals surface area contributed by atoms with Gasteiger partial charge in [0.05, 0.1) is 25.9 Å². The lowest BCUT2D eigenvalue weighted by Crippen LogP contribution is -2.48. The third kappa shape index (κ3) is 4.36. The van der Waals surface area contributed by atoms with Crippen molar-refractivity contribution in [3.05, 3.63) is 53.6 Å². The van der Waals surface area contributed by atoms with Gasteiger partial charge in [-0.2, -0.15) is 5.10 Å². The van der Waals surface area contributed by atoms with Crippen LogP contribution in [0, 0.1) is 5.82 Å². The van der Waals surface area contributed by atoms with E-state index in [1.807, 2.05) is 32.4 Å². The Labute approximate surface area is 147 Å². The summed E-state index contributed by atoms with van der Waals surface area (Å²) in [5.74, 6) is 0.556. The zero-order chi connectivity index (χ0) is 17.6. The number of hydrogen-bond acceptors (Lipinski definition) is 3. The Morgan fingerprint density at radius 1 is 1.44 bits per heavy atom. The number of nitrogens with zero attached hydrogens (tertiary/aromatic N) is 4. The molecule has 1 N–H and O–H groups in total. The molecule has 1 fully saturated rings. The largest absolute Gasteiger partial charge is 0.370 e. The summed E-state index contributed by atoms with van der Waals surface area (Å²) in [7, 11) is 1.89. The van der Waals surface area contributed by atoms with Gasteiger partial charge in [0, 0.05) is 37.5 Å². The van der Waals surface area contributed by atoms with Crippen LogP contribution in [-0.4, -0.2) is 46.9 Å². The maximum absolute atomic E-state index is 13.8. The van der Waals surface area contributed by atoms with Gasteiger partial charge in [0.25, 0.3) is 0 Å². The lowest BCUT2D eigenvalue weighted by molar-refractivity contribution is -0.00805. The van der Waals surface area contributed by atoms with E-state index in [-0.39, 0.29) is 11.9 Å². The Morgan fingerprint density at radius 3 is 3.00 bits per heavy atom. The fourth-order valence-corrected chi connectivity index (χ4v) is 2.86. The van der Waals surface area contributed by atoms with E-state index in [0.717, 1.165) is 24.6 Å². The van der Waals surface area contributed by atoms with Crippen LogP contribution < -0.4 is 5.32 Å². The average Bonchev–Trinajstić information content (AvgIpc) is 3.06. The molecule has 3 rings (SSSR count). The van der Waals surface area contributed by atoms with Crippen molar-refractivity contribution < 1.29 is 9.13 Å². The number of halogens is 1. The highest BCUT2D eigenvalue weighted by atomic mass is 19.1. The molecule has 1 aliphatic heterocycles. The molecule has 0 amide bonds. The number of rotatable bonds is 4. The highest BCUT2D eigenvalue weighted by molar-refractivity contribution is 5.80. The summed E-state index contributed by atoms with van der Waals surface area (Å²) < 4.78 is 21.5. The third-order valence-electron chi connectivity index (χ3n) is 4.15. The van der Waals surface area contributed by atoms with Crippen LogP contribution in [0.4, 0.5) is 4.39 Å². The number of aryl methyl sites for hydroxylation is 1. The van der Waals surface area contributed by atoms with Gasteiger partial charge in [0.15, 0.2) is 5.96 Å². The van der Waals surface area contributed by atoms with E-state index in [9.17, 15) is 4.39 Å². The molecule has 7 heteroatoms. The Kier molecular flexibility index (Phi) is 5.65. The summed E-state index contributed by atoms with van der Waals surface area (Å²) in [6.07, 6.45) is 3.76. The number of guanidine groups is 1. The number of aromatic nitrogens is 2. The highest BCUT2D eigenvalue weighted by Crippen LogP contribution is 2.21. The van der Waals surface area contributed by atoms with Crippen LogP contribution >= 0.6 is 0 Å². The number of nitrogens with one attached hydrogen (secondary N) is 1. The maximum Gasteiger partial charge on any atom is 0.194 e. The fraction of sp³-hybridized carbons (Fsp3) is 0.444. The molecule has 6 nitrogen and oxygen atoms in total. The Morgan fingerprint density at radius 2 is 2.28 bits per heavy atom. The van der Waals surface area contributed by atoms with E-state index in [1.54, 1.807) is 16.8 Å². The summed E-state index contributed by atoms with van der Waals surface area (Å²) in [6.45, 7) is 5.14. The normalized spacial score (nSPS) is 18.4. The van der Waals surface area contributed by atoms with Crippen molar-refractivity contribution in [2.24, 2.45) is 12.0 Å². The van der Waals surface area contributed by atoms with Crippen molar-refractivity contribution in [1.29, 1.82) is 0 Å². The summed E-state index contributed by atoms with van der Waals surface area (Å²) in [5.41, 5.74) is 1.65. The fourth-order valence-electron chi connectivity index (χ4n) is 2.86. The monoisotopic (exact) mass is 345 g/mol. The molecule has 0 aliphatic carbocycles. The minimum atomic E-state index is -0.225. The maximum atomic E-state index is 13.8. The number of morpholine rings is 1. The Hall–Kier alpha value is -2.41. The van der Waals surface area contributed by atoms with Gasteiger partial charge in [0.2, 0.25) is 0 Å². The van der Waals surface area contributed by atoms with Crippen LogP contribution in [0.15, 0.2) is 41.7 Å².